The molecule has 3 aromatic rings. The number of H-pyrrole nitrogens is 1. The van der Waals surface area contributed by atoms with Gasteiger partial charge in [-0.05, 0) is 31.4 Å². The lowest BCUT2D eigenvalue weighted by Gasteiger charge is -2.04. The third kappa shape index (κ3) is 3.36. The highest BCUT2D eigenvalue weighted by Gasteiger charge is 2.07. The SMILES string of the molecule is Cc1ncsc1CCC(=O)NCCc1c[nH]c2ccccc12. The van der Waals surface area contributed by atoms with Crippen LogP contribution in [0, 0.1) is 6.92 Å². The van der Waals surface area contributed by atoms with Gasteiger partial charge < -0.3 is 10.3 Å². The van der Waals surface area contributed by atoms with Crippen molar-refractivity contribution in [2.75, 3.05) is 6.54 Å². The Kier molecular flexibility index (Phi) is 4.53. The van der Waals surface area contributed by atoms with E-state index >= 15 is 0 Å². The van der Waals surface area contributed by atoms with Gasteiger partial charge in [-0.1, -0.05) is 18.2 Å². The number of carbonyl (C=O) groups excluding carboxylic acids is 1. The topological polar surface area (TPSA) is 57.8 Å². The van der Waals surface area contributed by atoms with Crippen molar-refractivity contribution in [2.45, 2.75) is 26.2 Å². The van der Waals surface area contributed by atoms with Gasteiger partial charge in [0.25, 0.3) is 0 Å². The first-order valence-corrected chi connectivity index (χ1v) is 8.32. The number of nitrogens with zero attached hydrogens (tertiary/aromatic N) is 1. The number of nitrogens with one attached hydrogen (secondary N) is 2. The van der Waals surface area contributed by atoms with E-state index in [-0.39, 0.29) is 5.91 Å². The molecule has 3 rings (SSSR count). The first-order chi connectivity index (χ1) is 10.7. The van der Waals surface area contributed by atoms with Gasteiger partial charge in [-0.2, -0.15) is 0 Å². The van der Waals surface area contributed by atoms with Crippen molar-refractivity contribution in [3.63, 3.8) is 0 Å². The molecule has 1 amide bonds. The first kappa shape index (κ1) is 14.8. The maximum absolute atomic E-state index is 11.9. The summed E-state index contributed by atoms with van der Waals surface area (Å²) in [6, 6.07) is 8.23. The predicted octanol–water partition coefficient (Wildman–Crippen LogP) is 3.22. The minimum Gasteiger partial charge on any atom is -0.361 e. The van der Waals surface area contributed by atoms with E-state index in [1.165, 1.54) is 15.8 Å². The number of aromatic nitrogens is 2. The molecule has 22 heavy (non-hydrogen) atoms. The first-order valence-electron chi connectivity index (χ1n) is 7.44. The Morgan fingerprint density at radius 3 is 3.00 bits per heavy atom. The third-order valence-corrected chi connectivity index (χ3v) is 4.81. The van der Waals surface area contributed by atoms with Gasteiger partial charge in [0.15, 0.2) is 0 Å². The standard InChI is InChI=1S/C17H19N3OS/c1-12-16(22-11-20-12)6-7-17(21)18-9-8-13-10-19-15-5-3-2-4-14(13)15/h2-5,10-11,19H,6-9H2,1H3,(H,18,21). The molecule has 0 aliphatic rings. The Hall–Kier alpha value is -2.14. The summed E-state index contributed by atoms with van der Waals surface area (Å²) in [5.41, 5.74) is 5.26. The van der Waals surface area contributed by atoms with Gasteiger partial charge in [0, 0.05) is 34.9 Å². The van der Waals surface area contributed by atoms with E-state index in [9.17, 15) is 4.79 Å². The van der Waals surface area contributed by atoms with Crippen molar-refractivity contribution in [3.8, 4) is 0 Å². The summed E-state index contributed by atoms with van der Waals surface area (Å²) in [5, 5.41) is 4.23. The number of aryl methyl sites for hydroxylation is 2. The molecule has 1 aromatic carbocycles. The fraction of sp³-hybridized carbons (Fsp3) is 0.294. The summed E-state index contributed by atoms with van der Waals surface area (Å²) in [7, 11) is 0. The molecule has 2 heterocycles. The van der Waals surface area contributed by atoms with Crippen molar-refractivity contribution < 1.29 is 4.79 Å². The van der Waals surface area contributed by atoms with Crippen LogP contribution < -0.4 is 5.32 Å². The van der Waals surface area contributed by atoms with Crippen molar-refractivity contribution in [3.05, 3.63) is 52.1 Å². The Labute approximate surface area is 133 Å². The van der Waals surface area contributed by atoms with Crippen molar-refractivity contribution in [1.29, 1.82) is 0 Å². The fourth-order valence-corrected chi connectivity index (χ4v) is 3.34. The van der Waals surface area contributed by atoms with Crippen LogP contribution in [0.5, 0.6) is 0 Å². The average Bonchev–Trinajstić information content (AvgIpc) is 3.12. The highest BCUT2D eigenvalue weighted by molar-refractivity contribution is 7.09. The number of benzene rings is 1. The zero-order chi connectivity index (χ0) is 15.4. The van der Waals surface area contributed by atoms with Crippen molar-refractivity contribution in [1.82, 2.24) is 15.3 Å². The third-order valence-electron chi connectivity index (χ3n) is 3.82. The van der Waals surface area contributed by atoms with Crippen LogP contribution in [-0.4, -0.2) is 22.4 Å². The number of carbonyl (C=O) groups is 1. The molecular formula is C17H19N3OS. The number of aromatic amines is 1. The lowest BCUT2D eigenvalue weighted by molar-refractivity contribution is -0.121. The second-order valence-corrected chi connectivity index (χ2v) is 6.26. The van der Waals surface area contributed by atoms with E-state index in [0.717, 1.165) is 24.1 Å². The summed E-state index contributed by atoms with van der Waals surface area (Å²) < 4.78 is 0. The zero-order valence-electron chi connectivity index (χ0n) is 12.6. The number of hydrogen-bond acceptors (Lipinski definition) is 3. The van der Waals surface area contributed by atoms with Crippen LogP contribution >= 0.6 is 11.3 Å². The molecule has 5 heteroatoms. The quantitative estimate of drug-likeness (QED) is 0.734. The molecule has 0 bridgehead atoms. The predicted molar refractivity (Wildman–Crippen MR) is 90.2 cm³/mol. The van der Waals surface area contributed by atoms with Crippen molar-refractivity contribution in [2.24, 2.45) is 0 Å². The lowest BCUT2D eigenvalue weighted by atomic mass is 10.1. The summed E-state index contributed by atoms with van der Waals surface area (Å²) >= 11 is 1.62. The van der Waals surface area contributed by atoms with Crippen LogP contribution in [0.3, 0.4) is 0 Å². The smallest absolute Gasteiger partial charge is 0.220 e. The molecule has 0 aliphatic heterocycles. The van der Waals surface area contributed by atoms with E-state index in [0.29, 0.717) is 13.0 Å². The number of amides is 1. The Morgan fingerprint density at radius 1 is 1.32 bits per heavy atom. The summed E-state index contributed by atoms with van der Waals surface area (Å²) in [4.78, 5) is 20.6. The number of fused-ring (bicyclic) bond motifs is 1. The molecule has 2 aromatic heterocycles. The van der Waals surface area contributed by atoms with E-state index < -0.39 is 0 Å². The van der Waals surface area contributed by atoms with E-state index in [4.69, 9.17) is 0 Å². The minimum atomic E-state index is 0.104. The molecule has 0 fully saturated rings. The van der Waals surface area contributed by atoms with Gasteiger partial charge >= 0.3 is 0 Å². The monoisotopic (exact) mass is 313 g/mol. The van der Waals surface area contributed by atoms with Gasteiger partial charge in [-0.15, -0.1) is 11.3 Å². The molecule has 0 aliphatic carbocycles. The van der Waals surface area contributed by atoms with Crippen molar-refractivity contribution >= 4 is 28.1 Å². The van der Waals surface area contributed by atoms with Crippen LogP contribution in [0.1, 0.15) is 22.6 Å². The molecule has 4 nitrogen and oxygen atoms in total. The van der Waals surface area contributed by atoms with Crippen LogP contribution in [0.15, 0.2) is 36.0 Å². The van der Waals surface area contributed by atoms with E-state index in [2.05, 4.69) is 27.4 Å². The summed E-state index contributed by atoms with van der Waals surface area (Å²) in [6.45, 7) is 2.66. The van der Waals surface area contributed by atoms with Crippen LogP contribution in [-0.2, 0) is 17.6 Å². The van der Waals surface area contributed by atoms with Gasteiger partial charge in [-0.25, -0.2) is 4.98 Å². The molecule has 2 N–H and O–H groups in total. The molecule has 0 saturated carbocycles. The largest absolute Gasteiger partial charge is 0.361 e. The Balaban J connectivity index is 1.46. The van der Waals surface area contributed by atoms with Gasteiger partial charge in [0.2, 0.25) is 5.91 Å². The number of thiazole rings is 1. The average molecular weight is 313 g/mol. The molecule has 0 unspecified atom stereocenters. The molecule has 0 radical (unpaired) electrons. The maximum Gasteiger partial charge on any atom is 0.220 e. The maximum atomic E-state index is 11.9. The highest BCUT2D eigenvalue weighted by atomic mass is 32.1. The fourth-order valence-electron chi connectivity index (χ4n) is 2.56. The van der Waals surface area contributed by atoms with Gasteiger partial charge in [-0.3, -0.25) is 4.79 Å². The number of hydrogen-bond donors (Lipinski definition) is 2. The van der Waals surface area contributed by atoms with Crippen LogP contribution in [0.4, 0.5) is 0 Å². The Morgan fingerprint density at radius 2 is 2.18 bits per heavy atom. The van der Waals surface area contributed by atoms with E-state index in [1.807, 2.05) is 30.8 Å². The summed E-state index contributed by atoms with van der Waals surface area (Å²) in [6.07, 6.45) is 4.17. The highest BCUT2D eigenvalue weighted by Crippen LogP contribution is 2.17. The van der Waals surface area contributed by atoms with E-state index in [1.54, 1.807) is 11.3 Å². The van der Waals surface area contributed by atoms with Gasteiger partial charge in [0.05, 0.1) is 11.2 Å². The normalized spacial score (nSPS) is 11.0. The second-order valence-electron chi connectivity index (χ2n) is 5.32. The Bertz CT molecular complexity index is 775. The van der Waals surface area contributed by atoms with Gasteiger partial charge in [0.1, 0.15) is 0 Å². The minimum absolute atomic E-state index is 0.104. The number of rotatable bonds is 6. The molecule has 0 saturated heterocycles. The lowest BCUT2D eigenvalue weighted by Crippen LogP contribution is -2.25. The van der Waals surface area contributed by atoms with Crippen LogP contribution in [0.2, 0.25) is 0 Å². The second kappa shape index (κ2) is 6.75. The molecule has 0 spiro atoms. The summed E-state index contributed by atoms with van der Waals surface area (Å²) in [5.74, 6) is 0.104. The zero-order valence-corrected chi connectivity index (χ0v) is 13.4. The number of para-hydroxylation sites is 1. The molecular weight excluding hydrogens is 294 g/mol. The van der Waals surface area contributed by atoms with Crippen LogP contribution in [0.25, 0.3) is 10.9 Å². The molecule has 0 atom stereocenters. The molecule has 114 valence electrons.